The Morgan fingerprint density at radius 1 is 1.23 bits per heavy atom. The average Bonchev–Trinajstić information content (AvgIpc) is 2.50. The van der Waals surface area contributed by atoms with Crippen LogP contribution in [0.3, 0.4) is 0 Å². The molecular formula is C15H22ClN3O3. The van der Waals surface area contributed by atoms with E-state index in [-0.39, 0.29) is 12.1 Å². The minimum absolute atomic E-state index is 0.191. The number of hydrogen-bond acceptors (Lipinski definition) is 4. The number of nitrogens with one attached hydrogen (secondary N) is 2. The topological polar surface area (TPSA) is 62.8 Å². The number of hydrogen-bond donors (Lipinski definition) is 2. The lowest BCUT2D eigenvalue weighted by Gasteiger charge is -2.29. The van der Waals surface area contributed by atoms with Crippen molar-refractivity contribution >= 4 is 23.3 Å². The smallest absolute Gasteiger partial charge is 0.319 e. The van der Waals surface area contributed by atoms with Crippen molar-refractivity contribution in [3.63, 3.8) is 0 Å². The number of piperidine rings is 1. The van der Waals surface area contributed by atoms with Crippen LogP contribution in [0.4, 0.5) is 10.5 Å². The van der Waals surface area contributed by atoms with Crippen molar-refractivity contribution in [3.05, 3.63) is 17.2 Å². The Labute approximate surface area is 135 Å². The molecule has 1 aromatic rings. The molecule has 0 saturated carbocycles. The number of anilines is 1. The van der Waals surface area contributed by atoms with Gasteiger partial charge in [-0.25, -0.2) is 4.79 Å². The van der Waals surface area contributed by atoms with E-state index >= 15 is 0 Å². The van der Waals surface area contributed by atoms with E-state index in [0.29, 0.717) is 22.2 Å². The molecule has 1 aliphatic heterocycles. The van der Waals surface area contributed by atoms with E-state index in [2.05, 4.69) is 22.6 Å². The largest absolute Gasteiger partial charge is 0.495 e. The summed E-state index contributed by atoms with van der Waals surface area (Å²) in [6.07, 6.45) is 1.90. The standard InChI is InChI=1S/C15H22ClN3O3/c1-19-6-4-10(5-7-19)17-15(20)18-12-8-11(16)13(21-2)9-14(12)22-3/h8-10H,4-7H2,1-3H3,(H2,17,18,20). The first kappa shape index (κ1) is 16.7. The highest BCUT2D eigenvalue weighted by atomic mass is 35.5. The molecule has 0 aliphatic carbocycles. The van der Waals surface area contributed by atoms with E-state index in [1.165, 1.54) is 14.2 Å². The van der Waals surface area contributed by atoms with Crippen LogP contribution in [0.2, 0.25) is 5.02 Å². The SMILES string of the molecule is COc1cc(OC)c(NC(=O)NC2CCN(C)CC2)cc1Cl. The number of nitrogens with zero attached hydrogens (tertiary/aromatic N) is 1. The molecule has 0 radical (unpaired) electrons. The van der Waals surface area contributed by atoms with Crippen LogP contribution in [0.15, 0.2) is 12.1 Å². The number of methoxy groups -OCH3 is 2. The molecule has 1 fully saturated rings. The molecule has 6 nitrogen and oxygen atoms in total. The molecule has 0 atom stereocenters. The first-order valence-electron chi connectivity index (χ1n) is 7.21. The van der Waals surface area contributed by atoms with Gasteiger partial charge in [-0.3, -0.25) is 0 Å². The van der Waals surface area contributed by atoms with Crippen molar-refractivity contribution in [2.24, 2.45) is 0 Å². The summed E-state index contributed by atoms with van der Waals surface area (Å²) in [5.74, 6) is 1.000. The monoisotopic (exact) mass is 327 g/mol. The van der Waals surface area contributed by atoms with E-state index in [1.54, 1.807) is 12.1 Å². The lowest BCUT2D eigenvalue weighted by atomic mass is 10.1. The van der Waals surface area contributed by atoms with Crippen LogP contribution >= 0.6 is 11.6 Å². The Kier molecular flexibility index (Phi) is 5.74. The average molecular weight is 328 g/mol. The van der Waals surface area contributed by atoms with Gasteiger partial charge in [0.25, 0.3) is 0 Å². The second-order valence-electron chi connectivity index (χ2n) is 5.36. The summed E-state index contributed by atoms with van der Waals surface area (Å²) in [4.78, 5) is 14.4. The predicted octanol–water partition coefficient (Wildman–Crippen LogP) is 2.57. The zero-order chi connectivity index (χ0) is 16.1. The molecule has 0 aromatic heterocycles. The number of urea groups is 1. The minimum atomic E-state index is -0.255. The molecule has 0 bridgehead atoms. The molecule has 2 amide bonds. The molecule has 0 spiro atoms. The molecule has 1 aliphatic rings. The van der Waals surface area contributed by atoms with Crippen LogP contribution in [0.1, 0.15) is 12.8 Å². The van der Waals surface area contributed by atoms with Crippen molar-refractivity contribution in [3.8, 4) is 11.5 Å². The van der Waals surface area contributed by atoms with Crippen molar-refractivity contribution in [1.82, 2.24) is 10.2 Å². The Hall–Kier alpha value is -1.66. The summed E-state index contributed by atoms with van der Waals surface area (Å²) in [6, 6.07) is 3.20. The molecule has 122 valence electrons. The fraction of sp³-hybridized carbons (Fsp3) is 0.533. The summed E-state index contributed by atoms with van der Waals surface area (Å²) in [6.45, 7) is 1.98. The van der Waals surface area contributed by atoms with Gasteiger partial charge in [-0.05, 0) is 39.0 Å². The molecule has 22 heavy (non-hydrogen) atoms. The first-order valence-corrected chi connectivity index (χ1v) is 7.59. The zero-order valence-corrected chi connectivity index (χ0v) is 13.9. The lowest BCUT2D eigenvalue weighted by Crippen LogP contribution is -2.44. The second kappa shape index (κ2) is 7.56. The summed E-state index contributed by atoms with van der Waals surface area (Å²) in [7, 11) is 5.14. The molecule has 1 heterocycles. The van der Waals surface area contributed by atoms with Gasteiger partial charge >= 0.3 is 6.03 Å². The normalized spacial score (nSPS) is 16.2. The number of benzene rings is 1. The number of halogens is 1. The Bertz CT molecular complexity index is 531. The van der Waals surface area contributed by atoms with Crippen LogP contribution in [0, 0.1) is 0 Å². The van der Waals surface area contributed by atoms with Gasteiger partial charge in [0.1, 0.15) is 11.5 Å². The van der Waals surface area contributed by atoms with Crippen LogP contribution < -0.4 is 20.1 Å². The van der Waals surface area contributed by atoms with Gasteiger partial charge in [0.05, 0.1) is 24.9 Å². The number of ether oxygens (including phenoxy) is 2. The Balaban J connectivity index is 2.00. The maximum Gasteiger partial charge on any atom is 0.319 e. The molecular weight excluding hydrogens is 306 g/mol. The third-order valence-corrected chi connectivity index (χ3v) is 4.07. The molecule has 1 saturated heterocycles. The maximum absolute atomic E-state index is 12.1. The van der Waals surface area contributed by atoms with E-state index in [0.717, 1.165) is 25.9 Å². The lowest BCUT2D eigenvalue weighted by molar-refractivity contribution is 0.221. The Morgan fingerprint density at radius 2 is 1.86 bits per heavy atom. The highest BCUT2D eigenvalue weighted by Gasteiger charge is 2.19. The highest BCUT2D eigenvalue weighted by Crippen LogP contribution is 2.35. The maximum atomic E-state index is 12.1. The fourth-order valence-electron chi connectivity index (χ4n) is 2.45. The predicted molar refractivity (Wildman–Crippen MR) is 87.2 cm³/mol. The van der Waals surface area contributed by atoms with Gasteiger partial charge in [0.15, 0.2) is 0 Å². The van der Waals surface area contributed by atoms with Crippen LogP contribution in [0.5, 0.6) is 11.5 Å². The van der Waals surface area contributed by atoms with Crippen LogP contribution in [0.25, 0.3) is 0 Å². The van der Waals surface area contributed by atoms with Gasteiger partial charge in [-0.1, -0.05) is 11.6 Å². The highest BCUT2D eigenvalue weighted by molar-refractivity contribution is 6.32. The number of likely N-dealkylation sites (tertiary alicyclic amines) is 1. The molecule has 1 aromatic carbocycles. The van der Waals surface area contributed by atoms with E-state index < -0.39 is 0 Å². The molecule has 2 N–H and O–H groups in total. The third-order valence-electron chi connectivity index (χ3n) is 3.78. The fourth-order valence-corrected chi connectivity index (χ4v) is 2.70. The van der Waals surface area contributed by atoms with E-state index in [1.807, 2.05) is 0 Å². The third kappa shape index (κ3) is 4.18. The van der Waals surface area contributed by atoms with Crippen molar-refractivity contribution in [1.29, 1.82) is 0 Å². The summed E-state index contributed by atoms with van der Waals surface area (Å²) in [5, 5.41) is 6.18. The molecule has 0 unspecified atom stereocenters. The van der Waals surface area contributed by atoms with Crippen LogP contribution in [-0.4, -0.2) is 51.3 Å². The first-order chi connectivity index (χ1) is 10.5. The minimum Gasteiger partial charge on any atom is -0.495 e. The van der Waals surface area contributed by atoms with E-state index in [9.17, 15) is 4.79 Å². The van der Waals surface area contributed by atoms with Gasteiger partial charge in [0.2, 0.25) is 0 Å². The van der Waals surface area contributed by atoms with Crippen molar-refractivity contribution < 1.29 is 14.3 Å². The number of carbonyl (C=O) groups is 1. The number of amides is 2. The summed E-state index contributed by atoms with van der Waals surface area (Å²) >= 11 is 6.09. The van der Waals surface area contributed by atoms with Gasteiger partial charge < -0.3 is 25.0 Å². The van der Waals surface area contributed by atoms with Crippen molar-refractivity contribution in [2.45, 2.75) is 18.9 Å². The van der Waals surface area contributed by atoms with E-state index in [4.69, 9.17) is 21.1 Å². The quantitative estimate of drug-likeness (QED) is 0.892. The van der Waals surface area contributed by atoms with Gasteiger partial charge in [-0.15, -0.1) is 0 Å². The van der Waals surface area contributed by atoms with Crippen LogP contribution in [-0.2, 0) is 0 Å². The molecule has 2 rings (SSSR count). The zero-order valence-electron chi connectivity index (χ0n) is 13.1. The summed E-state index contributed by atoms with van der Waals surface area (Å²) in [5.41, 5.74) is 0.513. The van der Waals surface area contributed by atoms with Crippen molar-refractivity contribution in [2.75, 3.05) is 39.7 Å². The number of carbonyl (C=O) groups excluding carboxylic acids is 1. The van der Waals surface area contributed by atoms with Gasteiger partial charge in [-0.2, -0.15) is 0 Å². The van der Waals surface area contributed by atoms with Gasteiger partial charge in [0, 0.05) is 12.1 Å². The number of rotatable bonds is 4. The summed E-state index contributed by atoms with van der Waals surface area (Å²) < 4.78 is 10.4. The second-order valence-corrected chi connectivity index (χ2v) is 5.77. The Morgan fingerprint density at radius 3 is 2.45 bits per heavy atom. The molecule has 7 heteroatoms.